The summed E-state index contributed by atoms with van der Waals surface area (Å²) >= 11 is 0. The van der Waals surface area contributed by atoms with Gasteiger partial charge in [-0.15, -0.1) is 0 Å². The van der Waals surface area contributed by atoms with Crippen molar-refractivity contribution in [3.05, 3.63) is 35.7 Å². The smallest absolute Gasteiger partial charge is 0.356 e. The summed E-state index contributed by atoms with van der Waals surface area (Å²) in [6.45, 7) is 0.708. The van der Waals surface area contributed by atoms with Crippen molar-refractivity contribution >= 4 is 5.97 Å². The zero-order valence-corrected chi connectivity index (χ0v) is 10.8. The van der Waals surface area contributed by atoms with Gasteiger partial charge >= 0.3 is 5.97 Å². The van der Waals surface area contributed by atoms with Crippen LogP contribution >= 0.6 is 0 Å². The van der Waals surface area contributed by atoms with Crippen molar-refractivity contribution in [1.29, 1.82) is 0 Å². The van der Waals surface area contributed by atoms with Gasteiger partial charge in [0.05, 0.1) is 5.69 Å². The molecule has 0 spiro atoms. The molecule has 2 aromatic rings. The van der Waals surface area contributed by atoms with Gasteiger partial charge in [-0.25, -0.2) is 9.78 Å². The Kier molecular flexibility index (Phi) is 2.94. The van der Waals surface area contributed by atoms with Crippen LogP contribution in [0.2, 0.25) is 0 Å². The zero-order valence-electron chi connectivity index (χ0n) is 10.8. The van der Waals surface area contributed by atoms with Gasteiger partial charge in [0.15, 0.2) is 5.69 Å². The summed E-state index contributed by atoms with van der Waals surface area (Å²) in [7, 11) is 0. The van der Waals surface area contributed by atoms with E-state index >= 15 is 0 Å². The molecule has 6 heteroatoms. The Labute approximate surface area is 115 Å². The average Bonchev–Trinajstić information content (AvgIpc) is 2.81. The highest BCUT2D eigenvalue weighted by Gasteiger charge is 2.29. The number of carboxylic acid groups (broad SMARTS) is 1. The van der Waals surface area contributed by atoms with E-state index in [1.165, 1.54) is 0 Å². The van der Waals surface area contributed by atoms with E-state index in [2.05, 4.69) is 4.98 Å². The molecule has 1 aromatic carbocycles. The van der Waals surface area contributed by atoms with Crippen LogP contribution in [0, 0.1) is 0 Å². The van der Waals surface area contributed by atoms with Crippen LogP contribution in [0.25, 0.3) is 11.4 Å². The molecule has 0 fully saturated rings. The normalized spacial score (nSPS) is 17.8. The number of carboxylic acids is 1. The number of phenols is 1. The Hall–Kier alpha value is -2.34. The van der Waals surface area contributed by atoms with Gasteiger partial charge in [0.1, 0.15) is 11.6 Å². The maximum atomic E-state index is 11.3. The molecular formula is C14H15N3O3. The number of nitrogens with zero attached hydrogens (tertiary/aromatic N) is 2. The van der Waals surface area contributed by atoms with E-state index in [1.54, 1.807) is 24.3 Å². The SMILES string of the molecule is NC1CCCn2c(-c3ccc(O)cc3)nc(C(=O)O)c21. The highest BCUT2D eigenvalue weighted by atomic mass is 16.4. The standard InChI is InChI=1S/C14H15N3O3/c15-10-2-1-7-17-12(10)11(14(19)20)16-13(17)8-3-5-9(18)6-4-8/h3-6,10,18H,1-2,7,15H2,(H,19,20). The van der Waals surface area contributed by atoms with Gasteiger partial charge in [-0.2, -0.15) is 0 Å². The van der Waals surface area contributed by atoms with Crippen molar-refractivity contribution in [3.63, 3.8) is 0 Å². The highest BCUT2D eigenvalue weighted by molar-refractivity contribution is 5.88. The van der Waals surface area contributed by atoms with Crippen LogP contribution in [0.5, 0.6) is 5.75 Å². The number of nitrogens with two attached hydrogens (primary N) is 1. The second-order valence-electron chi connectivity index (χ2n) is 4.92. The molecule has 1 atom stereocenters. The van der Waals surface area contributed by atoms with E-state index in [4.69, 9.17) is 5.73 Å². The number of aromatic hydroxyl groups is 1. The largest absolute Gasteiger partial charge is 0.508 e. The number of carbonyl (C=O) groups is 1. The molecule has 1 unspecified atom stereocenters. The first-order valence-corrected chi connectivity index (χ1v) is 6.46. The lowest BCUT2D eigenvalue weighted by Crippen LogP contribution is -2.23. The van der Waals surface area contributed by atoms with E-state index in [1.807, 2.05) is 4.57 Å². The Balaban J connectivity index is 2.19. The van der Waals surface area contributed by atoms with Gasteiger partial charge in [-0.3, -0.25) is 0 Å². The molecule has 0 aliphatic carbocycles. The number of fused-ring (bicyclic) bond motifs is 1. The molecule has 0 radical (unpaired) electrons. The number of hydrogen-bond donors (Lipinski definition) is 3. The number of aromatic nitrogens is 2. The van der Waals surface area contributed by atoms with E-state index in [0.717, 1.165) is 18.4 Å². The topological polar surface area (TPSA) is 101 Å². The first-order valence-electron chi connectivity index (χ1n) is 6.46. The minimum absolute atomic E-state index is 0.0280. The van der Waals surface area contributed by atoms with E-state index in [0.29, 0.717) is 18.1 Å². The summed E-state index contributed by atoms with van der Waals surface area (Å²) < 4.78 is 1.88. The van der Waals surface area contributed by atoms with E-state index in [-0.39, 0.29) is 17.5 Å². The van der Waals surface area contributed by atoms with Crippen LogP contribution in [-0.2, 0) is 6.54 Å². The molecule has 1 aromatic heterocycles. The number of rotatable bonds is 2. The predicted molar refractivity (Wildman–Crippen MR) is 72.4 cm³/mol. The average molecular weight is 273 g/mol. The second-order valence-corrected chi connectivity index (χ2v) is 4.92. The zero-order chi connectivity index (χ0) is 14.3. The van der Waals surface area contributed by atoms with Crippen molar-refractivity contribution in [2.24, 2.45) is 5.73 Å². The fourth-order valence-corrected chi connectivity index (χ4v) is 2.66. The fraction of sp³-hybridized carbons (Fsp3) is 0.286. The highest BCUT2D eigenvalue weighted by Crippen LogP contribution is 2.32. The summed E-state index contributed by atoms with van der Waals surface area (Å²) in [4.78, 5) is 15.6. The monoisotopic (exact) mass is 273 g/mol. The van der Waals surface area contributed by atoms with E-state index < -0.39 is 5.97 Å². The summed E-state index contributed by atoms with van der Waals surface area (Å²) in [6, 6.07) is 6.25. The van der Waals surface area contributed by atoms with Crippen molar-refractivity contribution in [3.8, 4) is 17.1 Å². The van der Waals surface area contributed by atoms with Crippen molar-refractivity contribution in [2.75, 3.05) is 0 Å². The van der Waals surface area contributed by atoms with Crippen LogP contribution in [0.15, 0.2) is 24.3 Å². The first kappa shape index (κ1) is 12.7. The van der Waals surface area contributed by atoms with Gasteiger partial charge in [-0.05, 0) is 37.1 Å². The Morgan fingerprint density at radius 3 is 2.70 bits per heavy atom. The van der Waals surface area contributed by atoms with Gasteiger partial charge in [0.25, 0.3) is 0 Å². The molecule has 0 bridgehead atoms. The van der Waals surface area contributed by atoms with Gasteiger partial charge in [0.2, 0.25) is 0 Å². The van der Waals surface area contributed by atoms with Crippen molar-refractivity contribution < 1.29 is 15.0 Å². The minimum atomic E-state index is -1.06. The summed E-state index contributed by atoms with van der Waals surface area (Å²) in [5.74, 6) is -0.307. The molecule has 4 N–H and O–H groups in total. The van der Waals surface area contributed by atoms with Crippen LogP contribution in [0.4, 0.5) is 0 Å². The third kappa shape index (κ3) is 1.94. The van der Waals surface area contributed by atoms with Crippen LogP contribution in [-0.4, -0.2) is 25.7 Å². The molecule has 1 aliphatic heterocycles. The number of imidazole rings is 1. The lowest BCUT2D eigenvalue weighted by molar-refractivity contribution is 0.0688. The third-order valence-corrected chi connectivity index (χ3v) is 3.58. The first-order chi connectivity index (χ1) is 9.58. The number of benzene rings is 1. The fourth-order valence-electron chi connectivity index (χ4n) is 2.66. The Morgan fingerprint density at radius 1 is 1.35 bits per heavy atom. The molecule has 104 valence electrons. The van der Waals surface area contributed by atoms with Gasteiger partial charge < -0.3 is 20.5 Å². The lowest BCUT2D eigenvalue weighted by Gasteiger charge is -2.22. The second kappa shape index (κ2) is 4.64. The Bertz CT molecular complexity index is 661. The summed E-state index contributed by atoms with van der Waals surface area (Å²) in [5, 5.41) is 18.6. The van der Waals surface area contributed by atoms with Gasteiger partial charge in [-0.1, -0.05) is 0 Å². The molecule has 2 heterocycles. The van der Waals surface area contributed by atoms with Crippen LogP contribution in [0.1, 0.15) is 35.1 Å². The predicted octanol–water partition coefficient (Wildman–Crippen LogP) is 1.75. The summed E-state index contributed by atoms with van der Waals surface area (Å²) in [6.07, 6.45) is 1.66. The molecule has 0 saturated carbocycles. The molecule has 0 saturated heterocycles. The molecule has 3 rings (SSSR count). The van der Waals surface area contributed by atoms with Crippen LogP contribution < -0.4 is 5.73 Å². The maximum Gasteiger partial charge on any atom is 0.356 e. The van der Waals surface area contributed by atoms with Crippen molar-refractivity contribution in [1.82, 2.24) is 9.55 Å². The minimum Gasteiger partial charge on any atom is -0.508 e. The molecule has 0 amide bonds. The number of hydrogen-bond acceptors (Lipinski definition) is 4. The maximum absolute atomic E-state index is 11.3. The Morgan fingerprint density at radius 2 is 2.05 bits per heavy atom. The molecule has 6 nitrogen and oxygen atoms in total. The number of phenolic OH excluding ortho intramolecular Hbond substituents is 1. The molecule has 20 heavy (non-hydrogen) atoms. The lowest BCUT2D eigenvalue weighted by atomic mass is 10.0. The molecular weight excluding hydrogens is 258 g/mol. The van der Waals surface area contributed by atoms with Crippen LogP contribution in [0.3, 0.4) is 0 Å². The number of aromatic carboxylic acids is 1. The summed E-state index contributed by atoms with van der Waals surface area (Å²) in [5.41, 5.74) is 7.42. The van der Waals surface area contributed by atoms with Gasteiger partial charge in [0, 0.05) is 18.2 Å². The molecule has 1 aliphatic rings. The third-order valence-electron chi connectivity index (χ3n) is 3.58. The quantitative estimate of drug-likeness (QED) is 0.773. The van der Waals surface area contributed by atoms with E-state index in [9.17, 15) is 15.0 Å². The van der Waals surface area contributed by atoms with Crippen molar-refractivity contribution in [2.45, 2.75) is 25.4 Å².